The molecular formula is C20H31N3O3. The lowest BCUT2D eigenvalue weighted by Crippen LogP contribution is -2.32. The van der Waals surface area contributed by atoms with Crippen LogP contribution in [0.25, 0.3) is 5.78 Å². The molecule has 4 rings (SSSR count). The first-order valence-electron chi connectivity index (χ1n) is 9.62. The van der Waals surface area contributed by atoms with E-state index in [1.807, 2.05) is 45.2 Å². The van der Waals surface area contributed by atoms with Crippen molar-refractivity contribution in [3.63, 3.8) is 0 Å². The molecule has 2 atom stereocenters. The van der Waals surface area contributed by atoms with Crippen LogP contribution in [0.2, 0.25) is 0 Å². The van der Waals surface area contributed by atoms with E-state index in [4.69, 9.17) is 19.2 Å². The van der Waals surface area contributed by atoms with Crippen LogP contribution in [0.1, 0.15) is 58.2 Å². The Morgan fingerprint density at radius 2 is 2.00 bits per heavy atom. The standard InChI is InChI=1S/C18H25N3O3.C2H6/c1-12(2)24-15-13(3)7-21-8-14(19-16(21)20-15)17-5-6-18(9-17,11-22-4)23-10-17;1-2/h7-8,12H,5-6,9-11H2,1-4H3;1-2H3. The van der Waals surface area contributed by atoms with Crippen molar-refractivity contribution in [2.45, 2.75) is 71.0 Å². The zero-order valence-electron chi connectivity index (χ0n) is 16.8. The van der Waals surface area contributed by atoms with Gasteiger partial charge < -0.3 is 14.2 Å². The van der Waals surface area contributed by atoms with E-state index >= 15 is 0 Å². The van der Waals surface area contributed by atoms with E-state index < -0.39 is 0 Å². The molecule has 2 aromatic rings. The molecule has 0 amide bonds. The first kappa shape index (κ1) is 19.1. The second-order valence-electron chi connectivity index (χ2n) is 7.59. The fraction of sp³-hybridized carbons (Fsp3) is 0.700. The van der Waals surface area contributed by atoms with E-state index in [2.05, 4.69) is 11.2 Å². The number of aromatic nitrogens is 3. The number of rotatable bonds is 5. The van der Waals surface area contributed by atoms with Gasteiger partial charge in [0.15, 0.2) is 0 Å². The van der Waals surface area contributed by atoms with Crippen LogP contribution in [0.4, 0.5) is 0 Å². The summed E-state index contributed by atoms with van der Waals surface area (Å²) in [5.41, 5.74) is 1.96. The maximum absolute atomic E-state index is 6.11. The molecule has 1 saturated carbocycles. The minimum atomic E-state index is -0.125. The molecule has 2 unspecified atom stereocenters. The van der Waals surface area contributed by atoms with Crippen LogP contribution in [0.5, 0.6) is 5.88 Å². The average Bonchev–Trinajstić information content (AvgIpc) is 3.29. The van der Waals surface area contributed by atoms with Gasteiger partial charge in [-0.2, -0.15) is 4.98 Å². The van der Waals surface area contributed by atoms with Crippen LogP contribution >= 0.6 is 0 Å². The van der Waals surface area contributed by atoms with Gasteiger partial charge in [0.05, 0.1) is 30.6 Å². The molecule has 6 nitrogen and oxygen atoms in total. The summed E-state index contributed by atoms with van der Waals surface area (Å²) in [6.07, 6.45) is 7.34. The van der Waals surface area contributed by atoms with E-state index in [9.17, 15) is 0 Å². The van der Waals surface area contributed by atoms with Crippen molar-refractivity contribution in [2.75, 3.05) is 20.3 Å². The third-order valence-corrected chi connectivity index (χ3v) is 5.26. The predicted octanol–water partition coefficient (Wildman–Crippen LogP) is 3.69. The number of ether oxygens (including phenoxy) is 3. The Bertz CT molecular complexity index is 761. The molecule has 0 aromatic carbocycles. The summed E-state index contributed by atoms with van der Waals surface area (Å²) in [5, 5.41) is 0. The topological polar surface area (TPSA) is 57.9 Å². The van der Waals surface area contributed by atoms with E-state index in [-0.39, 0.29) is 17.1 Å². The Balaban J connectivity index is 0.000000948. The van der Waals surface area contributed by atoms with Gasteiger partial charge in [-0.15, -0.1) is 0 Å². The average molecular weight is 361 g/mol. The Morgan fingerprint density at radius 1 is 1.23 bits per heavy atom. The van der Waals surface area contributed by atoms with Crippen molar-refractivity contribution in [2.24, 2.45) is 0 Å². The number of imidazole rings is 1. The van der Waals surface area contributed by atoms with Crippen LogP contribution in [0, 0.1) is 6.92 Å². The van der Waals surface area contributed by atoms with Gasteiger partial charge in [-0.25, -0.2) is 4.98 Å². The quantitative estimate of drug-likeness (QED) is 0.813. The molecule has 0 radical (unpaired) electrons. The molecule has 0 N–H and O–H groups in total. The zero-order chi connectivity index (χ0) is 18.9. The van der Waals surface area contributed by atoms with E-state index in [1.54, 1.807) is 7.11 Å². The Morgan fingerprint density at radius 3 is 2.62 bits per heavy atom. The molecule has 3 heterocycles. The fourth-order valence-electron chi connectivity index (χ4n) is 4.12. The molecule has 0 spiro atoms. The number of hydrogen-bond acceptors (Lipinski definition) is 5. The molecule has 2 aromatic heterocycles. The summed E-state index contributed by atoms with van der Waals surface area (Å²) >= 11 is 0. The van der Waals surface area contributed by atoms with Crippen molar-refractivity contribution >= 4 is 5.78 Å². The highest BCUT2D eigenvalue weighted by Gasteiger charge is 2.57. The summed E-state index contributed by atoms with van der Waals surface area (Å²) in [4.78, 5) is 9.42. The minimum Gasteiger partial charge on any atom is -0.475 e. The number of fused-ring (bicyclic) bond motifs is 3. The fourth-order valence-corrected chi connectivity index (χ4v) is 4.12. The van der Waals surface area contributed by atoms with Gasteiger partial charge in [0, 0.05) is 30.5 Å². The summed E-state index contributed by atoms with van der Waals surface area (Å²) < 4.78 is 19.3. The van der Waals surface area contributed by atoms with E-state index in [0.29, 0.717) is 24.9 Å². The molecule has 144 valence electrons. The van der Waals surface area contributed by atoms with Crippen molar-refractivity contribution in [1.82, 2.24) is 14.4 Å². The molecule has 1 aliphatic heterocycles. The largest absolute Gasteiger partial charge is 0.475 e. The molecule has 1 saturated heterocycles. The smallest absolute Gasteiger partial charge is 0.237 e. The first-order valence-corrected chi connectivity index (χ1v) is 9.62. The normalized spacial score (nSPS) is 27.0. The Kier molecular flexibility index (Phi) is 5.26. The first-order chi connectivity index (χ1) is 12.5. The number of methoxy groups -OCH3 is 1. The van der Waals surface area contributed by atoms with Gasteiger partial charge in [0.1, 0.15) is 0 Å². The maximum atomic E-state index is 6.11. The molecule has 1 aliphatic carbocycles. The van der Waals surface area contributed by atoms with Crippen molar-refractivity contribution < 1.29 is 14.2 Å². The van der Waals surface area contributed by atoms with Gasteiger partial charge in [0.2, 0.25) is 11.7 Å². The van der Waals surface area contributed by atoms with Crippen LogP contribution in [-0.2, 0) is 14.9 Å². The SMILES string of the molecule is CC.COCC12CCC(c3cn4cc(C)c(OC(C)C)nc4n3)(CO1)C2. The second kappa shape index (κ2) is 7.16. The van der Waals surface area contributed by atoms with E-state index in [1.165, 1.54) is 0 Å². The lowest BCUT2D eigenvalue weighted by Gasteiger charge is -2.27. The highest BCUT2D eigenvalue weighted by Crippen LogP contribution is 2.53. The van der Waals surface area contributed by atoms with Gasteiger partial charge in [-0.1, -0.05) is 13.8 Å². The molecule has 2 bridgehead atoms. The Labute approximate surface area is 155 Å². The van der Waals surface area contributed by atoms with Crippen LogP contribution < -0.4 is 4.74 Å². The van der Waals surface area contributed by atoms with Gasteiger partial charge in [-0.05, 0) is 40.0 Å². The Hall–Kier alpha value is -1.66. The lowest BCUT2D eigenvalue weighted by molar-refractivity contribution is -0.0659. The molecular weight excluding hydrogens is 330 g/mol. The number of aryl methyl sites for hydroxylation is 1. The highest BCUT2D eigenvalue weighted by molar-refractivity contribution is 5.40. The number of nitrogens with zero attached hydrogens (tertiary/aromatic N) is 3. The third-order valence-electron chi connectivity index (χ3n) is 5.26. The summed E-state index contributed by atoms with van der Waals surface area (Å²) in [6, 6.07) is 0. The van der Waals surface area contributed by atoms with Crippen LogP contribution in [0.3, 0.4) is 0 Å². The third kappa shape index (κ3) is 3.21. The molecule has 2 fully saturated rings. The summed E-state index contributed by atoms with van der Waals surface area (Å²) in [5.74, 6) is 1.35. The minimum absolute atomic E-state index is 0.000790. The van der Waals surface area contributed by atoms with Crippen molar-refractivity contribution in [3.05, 3.63) is 23.7 Å². The zero-order valence-corrected chi connectivity index (χ0v) is 16.8. The highest BCUT2D eigenvalue weighted by atomic mass is 16.5. The van der Waals surface area contributed by atoms with Crippen molar-refractivity contribution in [3.8, 4) is 5.88 Å². The second-order valence-corrected chi connectivity index (χ2v) is 7.59. The molecule has 2 aliphatic rings. The lowest BCUT2D eigenvalue weighted by atomic mass is 9.84. The molecule has 26 heavy (non-hydrogen) atoms. The summed E-state index contributed by atoms with van der Waals surface area (Å²) in [7, 11) is 1.74. The monoisotopic (exact) mass is 361 g/mol. The van der Waals surface area contributed by atoms with Crippen molar-refractivity contribution in [1.29, 1.82) is 0 Å². The number of hydrogen-bond donors (Lipinski definition) is 0. The van der Waals surface area contributed by atoms with Crippen LogP contribution in [-0.4, -0.2) is 46.4 Å². The van der Waals surface area contributed by atoms with Crippen LogP contribution in [0.15, 0.2) is 12.4 Å². The van der Waals surface area contributed by atoms with Gasteiger partial charge in [-0.3, -0.25) is 4.40 Å². The summed E-state index contributed by atoms with van der Waals surface area (Å²) in [6.45, 7) is 11.4. The van der Waals surface area contributed by atoms with E-state index in [0.717, 1.165) is 30.5 Å². The molecule has 6 heteroatoms. The van der Waals surface area contributed by atoms with Gasteiger partial charge >= 0.3 is 0 Å². The predicted molar refractivity (Wildman–Crippen MR) is 101 cm³/mol. The van der Waals surface area contributed by atoms with Gasteiger partial charge in [0.25, 0.3) is 0 Å². The maximum Gasteiger partial charge on any atom is 0.237 e.